The SMILES string of the molecule is C#CC[C@@H](O)[C@H](COC(=O)C(C)(C)C)[C@@H](O)C=C. The van der Waals surface area contributed by atoms with E-state index in [1.807, 2.05) is 0 Å². The highest BCUT2D eigenvalue weighted by Gasteiger charge is 2.29. The van der Waals surface area contributed by atoms with E-state index in [0.29, 0.717) is 0 Å². The van der Waals surface area contributed by atoms with Gasteiger partial charge in [0.25, 0.3) is 0 Å². The fourth-order valence-corrected chi connectivity index (χ4v) is 1.27. The molecule has 18 heavy (non-hydrogen) atoms. The molecule has 0 aliphatic carbocycles. The summed E-state index contributed by atoms with van der Waals surface area (Å²) < 4.78 is 5.08. The summed E-state index contributed by atoms with van der Waals surface area (Å²) in [7, 11) is 0. The molecule has 0 saturated heterocycles. The van der Waals surface area contributed by atoms with Gasteiger partial charge in [-0.1, -0.05) is 6.08 Å². The Labute approximate surface area is 109 Å². The van der Waals surface area contributed by atoms with Gasteiger partial charge in [0, 0.05) is 12.3 Å². The van der Waals surface area contributed by atoms with Crippen LogP contribution in [0.25, 0.3) is 0 Å². The Bertz CT molecular complexity index is 322. The Morgan fingerprint density at radius 3 is 2.44 bits per heavy atom. The molecule has 3 atom stereocenters. The molecule has 0 aromatic rings. The third-order valence-electron chi connectivity index (χ3n) is 2.52. The number of rotatable bonds is 6. The predicted octanol–water partition coefficient (Wildman–Crippen LogP) is 1.12. The molecule has 0 radical (unpaired) electrons. The van der Waals surface area contributed by atoms with E-state index in [-0.39, 0.29) is 13.0 Å². The van der Waals surface area contributed by atoms with Crippen LogP contribution in [0.3, 0.4) is 0 Å². The third kappa shape index (κ3) is 5.35. The second kappa shape index (κ2) is 7.20. The second-order valence-corrected chi connectivity index (χ2v) is 5.21. The largest absolute Gasteiger partial charge is 0.465 e. The molecule has 0 aliphatic rings. The summed E-state index contributed by atoms with van der Waals surface area (Å²) in [5, 5.41) is 19.5. The zero-order valence-electron chi connectivity index (χ0n) is 11.2. The van der Waals surface area contributed by atoms with Crippen molar-refractivity contribution < 1.29 is 19.7 Å². The molecule has 0 saturated carbocycles. The molecule has 0 amide bonds. The van der Waals surface area contributed by atoms with Gasteiger partial charge < -0.3 is 14.9 Å². The molecule has 0 unspecified atom stereocenters. The van der Waals surface area contributed by atoms with Crippen LogP contribution in [0, 0.1) is 23.7 Å². The van der Waals surface area contributed by atoms with Crippen LogP contribution in [0.15, 0.2) is 12.7 Å². The molecular formula is C14H22O4. The molecule has 2 N–H and O–H groups in total. The van der Waals surface area contributed by atoms with Gasteiger partial charge in [-0.2, -0.15) is 0 Å². The van der Waals surface area contributed by atoms with Gasteiger partial charge in [-0.25, -0.2) is 0 Å². The van der Waals surface area contributed by atoms with Crippen LogP contribution in [0.1, 0.15) is 27.2 Å². The minimum atomic E-state index is -0.971. The highest BCUT2D eigenvalue weighted by atomic mass is 16.5. The van der Waals surface area contributed by atoms with E-state index in [1.54, 1.807) is 20.8 Å². The number of terminal acetylenes is 1. The average molecular weight is 254 g/mol. The zero-order valence-corrected chi connectivity index (χ0v) is 11.2. The monoisotopic (exact) mass is 254 g/mol. The molecule has 0 fully saturated rings. The number of aliphatic hydroxyl groups excluding tert-OH is 2. The van der Waals surface area contributed by atoms with Crippen LogP contribution in [0.5, 0.6) is 0 Å². The summed E-state index contributed by atoms with van der Waals surface area (Å²) in [6.07, 6.45) is 4.58. The lowest BCUT2D eigenvalue weighted by Gasteiger charge is -2.26. The highest BCUT2D eigenvalue weighted by Crippen LogP contribution is 2.19. The first-order valence-electron chi connectivity index (χ1n) is 5.83. The number of carbonyl (C=O) groups excluding carboxylic acids is 1. The van der Waals surface area contributed by atoms with Gasteiger partial charge in [-0.3, -0.25) is 4.79 Å². The molecule has 102 valence electrons. The van der Waals surface area contributed by atoms with E-state index in [2.05, 4.69) is 12.5 Å². The van der Waals surface area contributed by atoms with E-state index in [4.69, 9.17) is 11.2 Å². The maximum atomic E-state index is 11.6. The molecule has 0 heterocycles. The van der Waals surface area contributed by atoms with Crippen LogP contribution in [-0.2, 0) is 9.53 Å². The van der Waals surface area contributed by atoms with E-state index < -0.39 is 29.5 Å². The average Bonchev–Trinajstić information content (AvgIpc) is 2.27. The first-order chi connectivity index (χ1) is 8.23. The minimum Gasteiger partial charge on any atom is -0.465 e. The minimum absolute atomic E-state index is 0.0859. The number of carbonyl (C=O) groups is 1. The van der Waals surface area contributed by atoms with Crippen LogP contribution >= 0.6 is 0 Å². The standard InChI is InChI=1S/C14H22O4/c1-6-8-12(16)10(11(15)7-2)9-18-13(17)14(3,4)5/h1,7,10-12,15-16H,2,8-9H2,3-5H3/t10-,11+,12-/m1/s1. The maximum Gasteiger partial charge on any atom is 0.311 e. The Balaban J connectivity index is 4.58. The lowest BCUT2D eigenvalue weighted by Crippen LogP contribution is -2.36. The first-order valence-corrected chi connectivity index (χ1v) is 5.83. The number of aliphatic hydroxyl groups is 2. The van der Waals surface area contributed by atoms with Gasteiger partial charge in [0.15, 0.2) is 0 Å². The van der Waals surface area contributed by atoms with Crippen LogP contribution in [0.2, 0.25) is 0 Å². The van der Waals surface area contributed by atoms with Gasteiger partial charge in [0.05, 0.1) is 24.2 Å². The van der Waals surface area contributed by atoms with Gasteiger partial charge in [-0.05, 0) is 20.8 Å². The van der Waals surface area contributed by atoms with Crippen molar-refractivity contribution in [3.8, 4) is 12.3 Å². The smallest absolute Gasteiger partial charge is 0.311 e. The van der Waals surface area contributed by atoms with E-state index in [0.717, 1.165) is 0 Å². The number of esters is 1. The number of ether oxygens (including phenoxy) is 1. The van der Waals surface area contributed by atoms with Gasteiger partial charge in [0.1, 0.15) is 0 Å². The van der Waals surface area contributed by atoms with Crippen molar-refractivity contribution in [1.82, 2.24) is 0 Å². The Hall–Kier alpha value is -1.31. The summed E-state index contributed by atoms with van der Waals surface area (Å²) in [6, 6.07) is 0. The third-order valence-corrected chi connectivity index (χ3v) is 2.52. The van der Waals surface area contributed by atoms with Gasteiger partial charge in [-0.15, -0.1) is 18.9 Å². The molecule has 0 rings (SSSR count). The van der Waals surface area contributed by atoms with Crippen LogP contribution in [0.4, 0.5) is 0 Å². The molecule has 4 nitrogen and oxygen atoms in total. The number of hydrogen-bond acceptors (Lipinski definition) is 4. The molecule has 0 aromatic heterocycles. The van der Waals surface area contributed by atoms with E-state index in [1.165, 1.54) is 6.08 Å². The van der Waals surface area contributed by atoms with Crippen LogP contribution < -0.4 is 0 Å². The quantitative estimate of drug-likeness (QED) is 0.423. The number of hydrogen-bond donors (Lipinski definition) is 2. The summed E-state index contributed by atoms with van der Waals surface area (Å²) >= 11 is 0. The van der Waals surface area contributed by atoms with E-state index in [9.17, 15) is 15.0 Å². The topological polar surface area (TPSA) is 66.8 Å². The second-order valence-electron chi connectivity index (χ2n) is 5.21. The summed E-state index contributed by atoms with van der Waals surface area (Å²) in [5.41, 5.74) is -0.624. The lowest BCUT2D eigenvalue weighted by molar-refractivity contribution is -0.156. The molecule has 0 spiro atoms. The highest BCUT2D eigenvalue weighted by molar-refractivity contribution is 5.75. The van der Waals surface area contributed by atoms with Crippen molar-refractivity contribution in [2.45, 2.75) is 39.4 Å². The summed E-state index contributed by atoms with van der Waals surface area (Å²) in [4.78, 5) is 11.6. The fourth-order valence-electron chi connectivity index (χ4n) is 1.27. The molecule has 4 heteroatoms. The Morgan fingerprint density at radius 2 is 2.06 bits per heavy atom. The molecule has 0 bridgehead atoms. The zero-order chi connectivity index (χ0) is 14.3. The van der Waals surface area contributed by atoms with Crippen molar-refractivity contribution in [2.24, 2.45) is 11.3 Å². The molecular weight excluding hydrogens is 232 g/mol. The Kier molecular flexibility index (Phi) is 6.67. The summed E-state index contributed by atoms with van der Waals surface area (Å²) in [6.45, 7) is 8.54. The maximum absolute atomic E-state index is 11.6. The lowest BCUT2D eigenvalue weighted by atomic mass is 9.94. The molecule has 0 aromatic carbocycles. The first kappa shape index (κ1) is 16.7. The van der Waals surface area contributed by atoms with Crippen molar-refractivity contribution in [3.05, 3.63) is 12.7 Å². The fraction of sp³-hybridized carbons (Fsp3) is 0.643. The molecule has 0 aliphatic heterocycles. The van der Waals surface area contributed by atoms with Crippen LogP contribution in [-0.4, -0.2) is 35.0 Å². The normalized spacial score (nSPS) is 16.2. The van der Waals surface area contributed by atoms with E-state index >= 15 is 0 Å². The predicted molar refractivity (Wildman–Crippen MR) is 69.6 cm³/mol. The van der Waals surface area contributed by atoms with Crippen molar-refractivity contribution in [3.63, 3.8) is 0 Å². The van der Waals surface area contributed by atoms with Gasteiger partial charge >= 0.3 is 5.97 Å². The van der Waals surface area contributed by atoms with Crippen molar-refractivity contribution in [2.75, 3.05) is 6.61 Å². The Morgan fingerprint density at radius 1 is 1.50 bits per heavy atom. The van der Waals surface area contributed by atoms with Gasteiger partial charge in [0.2, 0.25) is 0 Å². The van der Waals surface area contributed by atoms with Crippen molar-refractivity contribution >= 4 is 5.97 Å². The van der Waals surface area contributed by atoms with Crippen molar-refractivity contribution in [1.29, 1.82) is 0 Å². The summed E-state index contributed by atoms with van der Waals surface area (Å²) in [5.74, 6) is 1.25.